The molecule has 154 valence electrons. The highest BCUT2D eigenvalue weighted by molar-refractivity contribution is 7.46. The predicted octanol–water partition coefficient (Wildman–Crippen LogP) is 4.69. The minimum atomic E-state index is -4.71. The van der Waals surface area contributed by atoms with Gasteiger partial charge in [0.25, 0.3) is 0 Å². The molecule has 0 radical (unpaired) electrons. The van der Waals surface area contributed by atoms with Crippen molar-refractivity contribution in [2.75, 3.05) is 6.61 Å². The molecule has 2 aromatic rings. The molecule has 7 nitrogen and oxygen atoms in total. The second kappa shape index (κ2) is 10.6. The molecule has 28 heavy (non-hydrogen) atoms. The second-order valence-electron chi connectivity index (χ2n) is 6.73. The molecule has 1 amide bonds. The van der Waals surface area contributed by atoms with Gasteiger partial charge in [-0.25, -0.2) is 9.36 Å². The van der Waals surface area contributed by atoms with Crippen molar-refractivity contribution in [3.63, 3.8) is 0 Å². The third-order valence-corrected chi connectivity index (χ3v) is 5.02. The van der Waals surface area contributed by atoms with E-state index in [0.29, 0.717) is 12.2 Å². The highest BCUT2D eigenvalue weighted by Crippen LogP contribution is 2.40. The molecule has 0 aliphatic rings. The van der Waals surface area contributed by atoms with Crippen molar-refractivity contribution in [2.24, 2.45) is 0 Å². The van der Waals surface area contributed by atoms with E-state index in [2.05, 4.69) is 12.2 Å². The normalized spacial score (nSPS) is 13.9. The van der Waals surface area contributed by atoms with Crippen LogP contribution in [0.2, 0.25) is 0 Å². The first-order valence-electron chi connectivity index (χ1n) is 9.46. The number of carbonyl (C=O) groups excluding carboxylic acids is 1. The molecular weight excluding hydrogens is 381 g/mol. The van der Waals surface area contributed by atoms with Gasteiger partial charge >= 0.3 is 13.9 Å². The molecule has 0 aliphatic carbocycles. The summed E-state index contributed by atoms with van der Waals surface area (Å²) in [5.74, 6) is 0. The number of phosphoric ester groups is 1. The number of rotatable bonds is 10. The fourth-order valence-corrected chi connectivity index (χ4v) is 3.57. The fraction of sp³-hybridized carbons (Fsp3) is 0.450. The van der Waals surface area contributed by atoms with Gasteiger partial charge in [-0.05, 0) is 35.7 Å². The van der Waals surface area contributed by atoms with Crippen molar-refractivity contribution in [3.05, 3.63) is 48.0 Å². The molecule has 8 heteroatoms. The van der Waals surface area contributed by atoms with Crippen LogP contribution in [0.1, 0.15) is 51.1 Å². The van der Waals surface area contributed by atoms with Crippen molar-refractivity contribution in [3.8, 4) is 0 Å². The molecule has 2 rings (SSSR count). The van der Waals surface area contributed by atoms with Gasteiger partial charge in [-0.15, -0.1) is 0 Å². The first kappa shape index (κ1) is 22.4. The summed E-state index contributed by atoms with van der Waals surface area (Å²) in [4.78, 5) is 30.5. The van der Waals surface area contributed by atoms with Crippen LogP contribution in [0.15, 0.2) is 42.5 Å². The number of fused-ring (bicyclic) bond motifs is 1. The number of unbranched alkanes of at least 4 members (excludes halogenated alkanes) is 3. The van der Waals surface area contributed by atoms with E-state index in [9.17, 15) is 9.36 Å². The summed E-state index contributed by atoms with van der Waals surface area (Å²) in [6.45, 7) is 3.90. The maximum absolute atomic E-state index is 12.2. The van der Waals surface area contributed by atoms with Crippen molar-refractivity contribution in [1.82, 2.24) is 5.32 Å². The van der Waals surface area contributed by atoms with Crippen molar-refractivity contribution in [2.45, 2.75) is 51.7 Å². The number of hydrogen-bond acceptors (Lipinski definition) is 4. The van der Waals surface area contributed by atoms with Crippen molar-refractivity contribution >= 4 is 24.7 Å². The van der Waals surface area contributed by atoms with Crippen LogP contribution in [-0.2, 0) is 13.8 Å². The van der Waals surface area contributed by atoms with Crippen molar-refractivity contribution < 1.29 is 28.4 Å². The van der Waals surface area contributed by atoms with Crippen LogP contribution in [0.5, 0.6) is 0 Å². The van der Waals surface area contributed by atoms with E-state index in [1.165, 1.54) is 6.92 Å². The number of carbonyl (C=O) groups is 1. The Kier molecular flexibility index (Phi) is 8.45. The zero-order valence-electron chi connectivity index (χ0n) is 16.2. The zero-order chi connectivity index (χ0) is 20.6. The lowest BCUT2D eigenvalue weighted by molar-refractivity contribution is 0.0993. The predicted molar refractivity (Wildman–Crippen MR) is 108 cm³/mol. The molecule has 0 saturated carbocycles. The summed E-state index contributed by atoms with van der Waals surface area (Å²) < 4.78 is 21.3. The lowest BCUT2D eigenvalue weighted by Crippen LogP contribution is -2.36. The van der Waals surface area contributed by atoms with Gasteiger partial charge in [-0.1, -0.05) is 62.6 Å². The SMILES string of the molecule is CCCCCCOC(=O)NC(c1ccc2ccccc2c1)C(C)OP(=O)(O)O. The lowest BCUT2D eigenvalue weighted by atomic mass is 9.99. The van der Waals surface area contributed by atoms with Gasteiger partial charge in [-0.3, -0.25) is 4.52 Å². The number of phosphoric acid groups is 1. The molecule has 0 aliphatic heterocycles. The third kappa shape index (κ3) is 7.24. The Labute approximate surface area is 165 Å². The molecule has 0 bridgehead atoms. The molecule has 0 saturated heterocycles. The van der Waals surface area contributed by atoms with E-state index in [-0.39, 0.29) is 0 Å². The molecule has 0 aromatic heterocycles. The average molecular weight is 409 g/mol. The maximum atomic E-state index is 12.2. The summed E-state index contributed by atoms with van der Waals surface area (Å²) in [7, 11) is -4.71. The van der Waals surface area contributed by atoms with Gasteiger partial charge in [0.1, 0.15) is 0 Å². The van der Waals surface area contributed by atoms with Gasteiger partial charge in [0.15, 0.2) is 0 Å². The van der Waals surface area contributed by atoms with Crippen molar-refractivity contribution in [1.29, 1.82) is 0 Å². The Balaban J connectivity index is 2.14. The largest absolute Gasteiger partial charge is 0.469 e. The van der Waals surface area contributed by atoms with Crippen LogP contribution in [0.3, 0.4) is 0 Å². The summed E-state index contributed by atoms with van der Waals surface area (Å²) >= 11 is 0. The van der Waals surface area contributed by atoms with Crippen LogP contribution >= 0.6 is 7.82 Å². The van der Waals surface area contributed by atoms with E-state index >= 15 is 0 Å². The number of nitrogens with one attached hydrogen (secondary N) is 1. The minimum absolute atomic E-state index is 0.296. The van der Waals surface area contributed by atoms with Gasteiger partial charge in [0.2, 0.25) is 0 Å². The highest BCUT2D eigenvalue weighted by Gasteiger charge is 2.29. The summed E-state index contributed by atoms with van der Waals surface area (Å²) in [5, 5.41) is 4.65. The monoisotopic (exact) mass is 409 g/mol. The molecular formula is C20H28NO6P. The summed E-state index contributed by atoms with van der Waals surface area (Å²) in [5.41, 5.74) is 0.669. The van der Waals surface area contributed by atoms with E-state index in [1.807, 2.05) is 36.4 Å². The van der Waals surface area contributed by atoms with E-state index in [1.54, 1.807) is 6.07 Å². The van der Waals surface area contributed by atoms with Gasteiger partial charge in [0, 0.05) is 0 Å². The molecule has 2 aromatic carbocycles. The van der Waals surface area contributed by atoms with Gasteiger partial charge in [0.05, 0.1) is 18.8 Å². The number of amides is 1. The maximum Gasteiger partial charge on any atom is 0.469 e. The summed E-state index contributed by atoms with van der Waals surface area (Å²) in [6.07, 6.45) is 2.32. The van der Waals surface area contributed by atoms with Crippen LogP contribution < -0.4 is 5.32 Å². The fourth-order valence-electron chi connectivity index (χ4n) is 3.01. The lowest BCUT2D eigenvalue weighted by Gasteiger charge is -2.26. The number of benzene rings is 2. The Hall–Kier alpha value is -1.92. The number of ether oxygens (including phenoxy) is 1. The minimum Gasteiger partial charge on any atom is -0.450 e. The van der Waals surface area contributed by atoms with Crippen LogP contribution in [0.4, 0.5) is 4.79 Å². The van der Waals surface area contributed by atoms with Crippen LogP contribution in [-0.4, -0.2) is 28.6 Å². The number of alkyl carbamates (subject to hydrolysis) is 1. The van der Waals surface area contributed by atoms with Gasteiger partial charge in [-0.2, -0.15) is 0 Å². The van der Waals surface area contributed by atoms with Crippen LogP contribution in [0, 0.1) is 0 Å². The molecule has 2 unspecified atom stereocenters. The second-order valence-corrected chi connectivity index (χ2v) is 7.92. The average Bonchev–Trinajstić information content (AvgIpc) is 2.64. The Morgan fingerprint density at radius 2 is 1.82 bits per heavy atom. The Morgan fingerprint density at radius 1 is 1.11 bits per heavy atom. The molecule has 0 spiro atoms. The van der Waals surface area contributed by atoms with E-state index in [0.717, 1.165) is 36.5 Å². The quantitative estimate of drug-likeness (QED) is 0.389. The highest BCUT2D eigenvalue weighted by atomic mass is 31.2. The topological polar surface area (TPSA) is 105 Å². The zero-order valence-corrected chi connectivity index (χ0v) is 17.1. The van der Waals surface area contributed by atoms with E-state index in [4.69, 9.17) is 19.0 Å². The number of hydrogen-bond donors (Lipinski definition) is 3. The summed E-state index contributed by atoms with van der Waals surface area (Å²) in [6, 6.07) is 12.5. The Bertz CT molecular complexity index is 821. The Morgan fingerprint density at radius 3 is 2.50 bits per heavy atom. The molecule has 2 atom stereocenters. The first-order chi connectivity index (χ1) is 13.3. The molecule has 3 N–H and O–H groups in total. The van der Waals surface area contributed by atoms with Crippen LogP contribution in [0.25, 0.3) is 10.8 Å². The third-order valence-electron chi connectivity index (χ3n) is 4.41. The van der Waals surface area contributed by atoms with E-state index < -0.39 is 26.1 Å². The van der Waals surface area contributed by atoms with Gasteiger partial charge < -0.3 is 19.8 Å². The molecule has 0 heterocycles. The first-order valence-corrected chi connectivity index (χ1v) is 11.0. The smallest absolute Gasteiger partial charge is 0.450 e. The standard InChI is InChI=1S/C20H28NO6P/c1-3-4-5-8-13-26-20(22)21-19(15(2)27-28(23,24)25)18-12-11-16-9-6-7-10-17(16)14-18/h6-7,9-12,14-15,19H,3-5,8,13H2,1-2H3,(H,21,22)(H2,23,24,25). The molecule has 0 fully saturated rings.